The largest absolute Gasteiger partial charge is 0.479 e. The molecular formula is C10H17ClO5. The first-order valence-electron chi connectivity index (χ1n) is 5.20. The van der Waals surface area contributed by atoms with Gasteiger partial charge in [-0.05, 0) is 6.42 Å². The Hall–Kier alpha value is -0.810. The molecule has 6 heteroatoms. The Kier molecular flexibility index (Phi) is 6.36. The van der Waals surface area contributed by atoms with E-state index in [9.17, 15) is 14.7 Å². The van der Waals surface area contributed by atoms with Crippen molar-refractivity contribution in [2.24, 2.45) is 0 Å². The molecule has 0 aromatic carbocycles. The maximum absolute atomic E-state index is 10.7. The SMILES string of the molecule is CCCCCCC(Cl)C(O)(C(=O)O)C(=O)O. The van der Waals surface area contributed by atoms with Gasteiger partial charge in [-0.2, -0.15) is 0 Å². The van der Waals surface area contributed by atoms with Crippen molar-refractivity contribution in [1.82, 2.24) is 0 Å². The van der Waals surface area contributed by atoms with E-state index in [-0.39, 0.29) is 6.42 Å². The van der Waals surface area contributed by atoms with Crippen molar-refractivity contribution in [2.75, 3.05) is 0 Å². The lowest BCUT2D eigenvalue weighted by atomic mass is 9.95. The molecule has 0 heterocycles. The van der Waals surface area contributed by atoms with Gasteiger partial charge < -0.3 is 15.3 Å². The van der Waals surface area contributed by atoms with E-state index in [0.717, 1.165) is 19.3 Å². The van der Waals surface area contributed by atoms with Crippen LogP contribution in [0.1, 0.15) is 39.0 Å². The van der Waals surface area contributed by atoms with Gasteiger partial charge >= 0.3 is 11.9 Å². The molecule has 0 aliphatic carbocycles. The Labute approximate surface area is 99.0 Å². The summed E-state index contributed by atoms with van der Waals surface area (Å²) in [6.45, 7) is 2.02. The first kappa shape index (κ1) is 15.2. The van der Waals surface area contributed by atoms with Crippen molar-refractivity contribution < 1.29 is 24.9 Å². The maximum atomic E-state index is 10.7. The van der Waals surface area contributed by atoms with Gasteiger partial charge in [-0.1, -0.05) is 32.6 Å². The first-order valence-corrected chi connectivity index (χ1v) is 5.64. The van der Waals surface area contributed by atoms with Crippen molar-refractivity contribution >= 4 is 23.5 Å². The molecule has 3 N–H and O–H groups in total. The number of hydrogen-bond donors (Lipinski definition) is 3. The van der Waals surface area contributed by atoms with E-state index in [1.165, 1.54) is 0 Å². The number of aliphatic carboxylic acids is 2. The van der Waals surface area contributed by atoms with Crippen LogP contribution in [0.2, 0.25) is 0 Å². The smallest absolute Gasteiger partial charge is 0.349 e. The van der Waals surface area contributed by atoms with Gasteiger partial charge in [0.2, 0.25) is 0 Å². The summed E-state index contributed by atoms with van der Waals surface area (Å²) in [4.78, 5) is 21.4. The zero-order valence-corrected chi connectivity index (χ0v) is 9.90. The molecule has 5 nitrogen and oxygen atoms in total. The number of carbonyl (C=O) groups is 2. The van der Waals surface area contributed by atoms with Gasteiger partial charge in [-0.15, -0.1) is 11.6 Å². The second kappa shape index (κ2) is 6.70. The Morgan fingerprint density at radius 2 is 1.69 bits per heavy atom. The fourth-order valence-corrected chi connectivity index (χ4v) is 1.66. The van der Waals surface area contributed by atoms with Gasteiger partial charge in [-0.25, -0.2) is 9.59 Å². The van der Waals surface area contributed by atoms with Gasteiger partial charge in [0.05, 0.1) is 5.38 Å². The van der Waals surface area contributed by atoms with E-state index in [1.807, 2.05) is 6.92 Å². The molecule has 16 heavy (non-hydrogen) atoms. The predicted octanol–water partition coefficient (Wildman–Crippen LogP) is 1.46. The van der Waals surface area contributed by atoms with Crippen LogP contribution in [-0.2, 0) is 9.59 Å². The topological polar surface area (TPSA) is 94.8 Å². The normalized spacial score (nSPS) is 13.4. The van der Waals surface area contributed by atoms with E-state index in [0.29, 0.717) is 6.42 Å². The lowest BCUT2D eigenvalue weighted by Crippen LogP contribution is -2.53. The van der Waals surface area contributed by atoms with Crippen molar-refractivity contribution in [2.45, 2.75) is 50.0 Å². The molecule has 0 aromatic heterocycles. The Bertz CT molecular complexity index is 240. The van der Waals surface area contributed by atoms with Gasteiger partial charge in [0, 0.05) is 0 Å². The zero-order valence-electron chi connectivity index (χ0n) is 9.15. The monoisotopic (exact) mass is 252 g/mol. The molecule has 0 aromatic rings. The average molecular weight is 253 g/mol. The Morgan fingerprint density at radius 1 is 1.19 bits per heavy atom. The molecule has 0 radical (unpaired) electrons. The van der Waals surface area contributed by atoms with E-state index in [2.05, 4.69) is 0 Å². The summed E-state index contributed by atoms with van der Waals surface area (Å²) in [6.07, 6.45) is 3.59. The summed E-state index contributed by atoms with van der Waals surface area (Å²) in [5.41, 5.74) is -2.90. The summed E-state index contributed by atoms with van der Waals surface area (Å²) in [7, 11) is 0. The fourth-order valence-electron chi connectivity index (χ4n) is 1.32. The van der Waals surface area contributed by atoms with Crippen LogP contribution in [0.5, 0.6) is 0 Å². The number of alkyl halides is 1. The van der Waals surface area contributed by atoms with Crippen molar-refractivity contribution in [3.63, 3.8) is 0 Å². The Morgan fingerprint density at radius 3 is 2.06 bits per heavy atom. The van der Waals surface area contributed by atoms with E-state index in [4.69, 9.17) is 21.8 Å². The van der Waals surface area contributed by atoms with Gasteiger partial charge in [0.25, 0.3) is 5.60 Å². The third-order valence-corrected chi connectivity index (χ3v) is 2.95. The molecule has 0 fully saturated rings. The van der Waals surface area contributed by atoms with Gasteiger partial charge in [0.15, 0.2) is 0 Å². The predicted molar refractivity (Wildman–Crippen MR) is 58.6 cm³/mol. The highest BCUT2D eigenvalue weighted by Crippen LogP contribution is 2.23. The number of carboxylic acid groups (broad SMARTS) is 2. The fraction of sp³-hybridized carbons (Fsp3) is 0.800. The Balaban J connectivity index is 4.35. The first-order chi connectivity index (χ1) is 7.37. The van der Waals surface area contributed by atoms with E-state index < -0.39 is 22.9 Å². The van der Waals surface area contributed by atoms with Crippen molar-refractivity contribution in [3.05, 3.63) is 0 Å². The quantitative estimate of drug-likeness (QED) is 0.345. The van der Waals surface area contributed by atoms with Crippen LogP contribution >= 0.6 is 11.6 Å². The summed E-state index contributed by atoms with van der Waals surface area (Å²) in [5.74, 6) is -3.65. The number of unbranched alkanes of at least 4 members (excludes halogenated alkanes) is 3. The molecule has 0 spiro atoms. The minimum absolute atomic E-state index is 0.163. The molecular weight excluding hydrogens is 236 g/mol. The summed E-state index contributed by atoms with van der Waals surface area (Å²) in [6, 6.07) is 0. The van der Waals surface area contributed by atoms with Crippen LogP contribution in [0.25, 0.3) is 0 Å². The van der Waals surface area contributed by atoms with Crippen LogP contribution in [0.15, 0.2) is 0 Å². The molecule has 0 saturated carbocycles. The second-order valence-electron chi connectivity index (χ2n) is 3.69. The van der Waals surface area contributed by atoms with Gasteiger partial charge in [0.1, 0.15) is 0 Å². The second-order valence-corrected chi connectivity index (χ2v) is 4.22. The lowest BCUT2D eigenvalue weighted by molar-refractivity contribution is -0.176. The van der Waals surface area contributed by atoms with E-state index >= 15 is 0 Å². The van der Waals surface area contributed by atoms with Crippen molar-refractivity contribution in [1.29, 1.82) is 0 Å². The molecule has 0 rings (SSSR count). The number of rotatable bonds is 8. The number of halogens is 1. The highest BCUT2D eigenvalue weighted by atomic mass is 35.5. The summed E-state index contributed by atoms with van der Waals surface area (Å²) >= 11 is 5.65. The molecule has 0 aliphatic heterocycles. The third-order valence-electron chi connectivity index (χ3n) is 2.42. The standard InChI is InChI=1S/C10H17ClO5/c1-2-3-4-5-6-7(11)10(16,8(12)13)9(14)15/h7,16H,2-6H2,1H3,(H,12,13)(H,14,15). The minimum atomic E-state index is -2.90. The van der Waals surface area contributed by atoms with Crippen LogP contribution in [0.4, 0.5) is 0 Å². The molecule has 1 atom stereocenters. The van der Waals surface area contributed by atoms with Gasteiger partial charge in [-0.3, -0.25) is 0 Å². The van der Waals surface area contributed by atoms with Crippen LogP contribution in [0, 0.1) is 0 Å². The van der Waals surface area contributed by atoms with Crippen molar-refractivity contribution in [3.8, 4) is 0 Å². The summed E-state index contributed by atoms with van der Waals surface area (Å²) in [5, 5.41) is 25.5. The number of carboxylic acids is 2. The zero-order chi connectivity index (χ0) is 12.8. The minimum Gasteiger partial charge on any atom is -0.479 e. The molecule has 0 bridgehead atoms. The molecule has 1 unspecified atom stereocenters. The van der Waals surface area contributed by atoms with Crippen LogP contribution < -0.4 is 0 Å². The maximum Gasteiger partial charge on any atom is 0.349 e. The highest BCUT2D eigenvalue weighted by Gasteiger charge is 2.50. The average Bonchev–Trinajstić information content (AvgIpc) is 2.22. The third kappa shape index (κ3) is 3.64. The van der Waals surface area contributed by atoms with Crippen LogP contribution in [-0.4, -0.2) is 38.2 Å². The molecule has 94 valence electrons. The number of aliphatic hydroxyl groups is 1. The molecule has 0 amide bonds. The van der Waals surface area contributed by atoms with Crippen LogP contribution in [0.3, 0.4) is 0 Å². The number of hydrogen-bond acceptors (Lipinski definition) is 3. The van der Waals surface area contributed by atoms with E-state index in [1.54, 1.807) is 0 Å². The molecule has 0 saturated heterocycles. The summed E-state index contributed by atoms with van der Waals surface area (Å²) < 4.78 is 0. The molecule has 0 aliphatic rings. The highest BCUT2D eigenvalue weighted by molar-refractivity contribution is 6.26. The lowest BCUT2D eigenvalue weighted by Gasteiger charge is -2.23.